The Labute approximate surface area is 154 Å². The first-order chi connectivity index (χ1) is 12.1. The summed E-state index contributed by atoms with van der Waals surface area (Å²) in [5.74, 6) is 0.467. The highest BCUT2D eigenvalue weighted by Gasteiger charge is 2.44. The Balaban J connectivity index is 1.36. The van der Waals surface area contributed by atoms with Gasteiger partial charge in [-0.1, -0.05) is 41.9 Å². The van der Waals surface area contributed by atoms with Crippen molar-refractivity contribution in [3.8, 4) is 0 Å². The van der Waals surface area contributed by atoms with Crippen molar-refractivity contribution in [1.82, 2.24) is 5.32 Å². The number of hydrogen-bond donors (Lipinski definition) is 1. The maximum absolute atomic E-state index is 12.5. The van der Waals surface area contributed by atoms with E-state index in [1.165, 1.54) is 23.2 Å². The van der Waals surface area contributed by atoms with Crippen LogP contribution < -0.4 is 10.2 Å². The number of aryl methyl sites for hydroxylation is 1. The fourth-order valence-electron chi connectivity index (χ4n) is 3.87. The van der Waals surface area contributed by atoms with E-state index in [4.69, 9.17) is 11.6 Å². The van der Waals surface area contributed by atoms with E-state index < -0.39 is 0 Å². The number of amides is 1. The quantitative estimate of drug-likeness (QED) is 0.894. The Morgan fingerprint density at radius 3 is 2.96 bits per heavy atom. The molecule has 0 radical (unpaired) electrons. The molecule has 0 spiro atoms. The molecule has 4 rings (SSSR count). The van der Waals surface area contributed by atoms with Gasteiger partial charge in [-0.2, -0.15) is 0 Å². The van der Waals surface area contributed by atoms with Crippen LogP contribution in [0.25, 0.3) is 0 Å². The van der Waals surface area contributed by atoms with Gasteiger partial charge in [0.05, 0.1) is 0 Å². The largest absolute Gasteiger partial charge is 0.374 e. The molecule has 0 bridgehead atoms. The van der Waals surface area contributed by atoms with Crippen LogP contribution in [0.3, 0.4) is 0 Å². The molecule has 1 fully saturated rings. The molecule has 2 unspecified atom stereocenters. The molecule has 2 aliphatic rings. The van der Waals surface area contributed by atoms with Gasteiger partial charge in [0.2, 0.25) is 5.91 Å². The van der Waals surface area contributed by atoms with E-state index in [2.05, 4.69) is 35.5 Å². The molecule has 0 aromatic heterocycles. The van der Waals surface area contributed by atoms with E-state index in [1.54, 1.807) is 0 Å². The van der Waals surface area contributed by atoms with E-state index in [0.29, 0.717) is 6.54 Å². The summed E-state index contributed by atoms with van der Waals surface area (Å²) in [5, 5.41) is 3.87. The predicted molar refractivity (Wildman–Crippen MR) is 102 cm³/mol. The van der Waals surface area contributed by atoms with E-state index >= 15 is 0 Å². The highest BCUT2D eigenvalue weighted by molar-refractivity contribution is 6.31. The van der Waals surface area contributed by atoms with E-state index in [1.807, 2.05) is 24.3 Å². The highest BCUT2D eigenvalue weighted by atomic mass is 35.5. The Morgan fingerprint density at radius 2 is 2.12 bits per heavy atom. The summed E-state index contributed by atoms with van der Waals surface area (Å²) in [6.45, 7) is 1.72. The minimum absolute atomic E-state index is 0.0589. The molecule has 1 aliphatic carbocycles. The molecule has 1 aliphatic heterocycles. The number of benzene rings is 2. The van der Waals surface area contributed by atoms with Crippen molar-refractivity contribution < 1.29 is 4.79 Å². The van der Waals surface area contributed by atoms with E-state index in [-0.39, 0.29) is 17.7 Å². The lowest BCUT2D eigenvalue weighted by Gasteiger charge is -2.27. The van der Waals surface area contributed by atoms with E-state index in [9.17, 15) is 4.79 Å². The van der Waals surface area contributed by atoms with Crippen molar-refractivity contribution in [2.75, 3.05) is 18.5 Å². The topological polar surface area (TPSA) is 32.3 Å². The Bertz CT molecular complexity index is 804. The van der Waals surface area contributed by atoms with Crippen molar-refractivity contribution in [3.63, 3.8) is 0 Å². The van der Waals surface area contributed by atoms with Crippen LogP contribution in [0.1, 0.15) is 35.4 Å². The fraction of sp³-hybridized carbons (Fsp3) is 0.381. The van der Waals surface area contributed by atoms with Gasteiger partial charge in [-0.25, -0.2) is 0 Å². The third-order valence-corrected chi connectivity index (χ3v) is 5.74. The maximum Gasteiger partial charge on any atom is 0.224 e. The molecule has 0 saturated heterocycles. The van der Waals surface area contributed by atoms with Crippen LogP contribution in [-0.4, -0.2) is 19.5 Å². The first kappa shape index (κ1) is 16.5. The SMILES string of the molecule is CN1CCCc2cc(CNC(=O)C3CC3c3ccccc3Cl)ccc21. The number of nitrogens with zero attached hydrogens (tertiary/aromatic N) is 1. The van der Waals surface area contributed by atoms with Crippen molar-refractivity contribution in [3.05, 3.63) is 64.2 Å². The van der Waals surface area contributed by atoms with Crippen molar-refractivity contribution in [2.24, 2.45) is 5.92 Å². The Morgan fingerprint density at radius 1 is 1.28 bits per heavy atom. The van der Waals surface area contributed by atoms with Gasteiger partial charge in [-0.15, -0.1) is 0 Å². The van der Waals surface area contributed by atoms with Gasteiger partial charge in [0, 0.05) is 36.8 Å². The number of carbonyl (C=O) groups is 1. The third kappa shape index (κ3) is 3.38. The predicted octanol–water partition coefficient (Wildman–Crippen LogP) is 4.14. The first-order valence-corrected chi connectivity index (χ1v) is 9.36. The average molecular weight is 355 g/mol. The summed E-state index contributed by atoms with van der Waals surface area (Å²) in [6.07, 6.45) is 3.21. The van der Waals surface area contributed by atoms with Gasteiger partial charge in [-0.3, -0.25) is 4.79 Å². The van der Waals surface area contributed by atoms with Crippen LogP contribution in [-0.2, 0) is 17.8 Å². The summed E-state index contributed by atoms with van der Waals surface area (Å²) in [7, 11) is 2.14. The van der Waals surface area contributed by atoms with Gasteiger partial charge in [0.25, 0.3) is 0 Å². The summed E-state index contributed by atoms with van der Waals surface area (Å²) in [6, 6.07) is 14.4. The summed E-state index contributed by atoms with van der Waals surface area (Å²) >= 11 is 6.25. The lowest BCUT2D eigenvalue weighted by Crippen LogP contribution is -2.26. The molecule has 1 saturated carbocycles. The first-order valence-electron chi connectivity index (χ1n) is 8.98. The highest BCUT2D eigenvalue weighted by Crippen LogP contribution is 2.49. The molecule has 3 nitrogen and oxygen atoms in total. The van der Waals surface area contributed by atoms with Crippen molar-refractivity contribution >= 4 is 23.2 Å². The van der Waals surface area contributed by atoms with Crippen LogP contribution in [0.5, 0.6) is 0 Å². The van der Waals surface area contributed by atoms with Gasteiger partial charge in [0.15, 0.2) is 0 Å². The average Bonchev–Trinajstić information content (AvgIpc) is 3.41. The fourth-order valence-corrected chi connectivity index (χ4v) is 4.15. The van der Waals surface area contributed by atoms with Crippen LogP contribution in [0.2, 0.25) is 5.02 Å². The second-order valence-corrected chi connectivity index (χ2v) is 7.58. The number of anilines is 1. The monoisotopic (exact) mass is 354 g/mol. The van der Waals surface area contributed by atoms with Crippen molar-refractivity contribution in [1.29, 1.82) is 0 Å². The molecule has 130 valence electrons. The molecule has 1 N–H and O–H groups in total. The molecule has 25 heavy (non-hydrogen) atoms. The molecule has 4 heteroatoms. The second kappa shape index (κ2) is 6.72. The lowest BCUT2D eigenvalue weighted by molar-refractivity contribution is -0.122. The molecule has 2 aromatic carbocycles. The zero-order chi connectivity index (χ0) is 17.4. The molecular weight excluding hydrogens is 332 g/mol. The van der Waals surface area contributed by atoms with E-state index in [0.717, 1.165) is 30.0 Å². The van der Waals surface area contributed by atoms with Gasteiger partial charge in [-0.05, 0) is 54.0 Å². The minimum atomic E-state index is 0.0589. The normalized spacial score (nSPS) is 21.6. The number of halogens is 1. The zero-order valence-corrected chi connectivity index (χ0v) is 15.2. The van der Waals surface area contributed by atoms with Gasteiger partial charge in [0.1, 0.15) is 0 Å². The molecule has 2 aromatic rings. The van der Waals surface area contributed by atoms with Crippen LogP contribution in [0.15, 0.2) is 42.5 Å². The number of rotatable bonds is 4. The van der Waals surface area contributed by atoms with Gasteiger partial charge < -0.3 is 10.2 Å². The Hall–Kier alpha value is -2.00. The van der Waals surface area contributed by atoms with Gasteiger partial charge >= 0.3 is 0 Å². The molecule has 2 atom stereocenters. The Kier molecular flexibility index (Phi) is 4.43. The number of carbonyl (C=O) groups excluding carboxylic acids is 1. The number of nitrogens with one attached hydrogen (secondary N) is 1. The van der Waals surface area contributed by atoms with Crippen LogP contribution in [0, 0.1) is 5.92 Å². The molecule has 1 amide bonds. The molecule has 1 heterocycles. The standard InChI is InChI=1S/C21H23ClN2O/c1-24-10-4-5-15-11-14(8-9-20(15)24)13-23-21(25)18-12-17(18)16-6-2-3-7-19(16)22/h2-3,6-9,11,17-18H,4-5,10,12-13H2,1H3,(H,23,25). The summed E-state index contributed by atoms with van der Waals surface area (Å²) in [5.41, 5.74) is 4.99. The third-order valence-electron chi connectivity index (χ3n) is 5.39. The maximum atomic E-state index is 12.5. The van der Waals surface area contributed by atoms with Crippen molar-refractivity contribution in [2.45, 2.75) is 31.7 Å². The summed E-state index contributed by atoms with van der Waals surface area (Å²) in [4.78, 5) is 14.8. The number of hydrogen-bond acceptors (Lipinski definition) is 2. The molecular formula is C21H23ClN2O. The summed E-state index contributed by atoms with van der Waals surface area (Å²) < 4.78 is 0. The zero-order valence-electron chi connectivity index (χ0n) is 14.5. The smallest absolute Gasteiger partial charge is 0.224 e. The second-order valence-electron chi connectivity index (χ2n) is 7.18. The lowest BCUT2D eigenvalue weighted by atomic mass is 9.99. The minimum Gasteiger partial charge on any atom is -0.374 e. The van der Waals surface area contributed by atoms with Crippen LogP contribution >= 0.6 is 11.6 Å². The number of fused-ring (bicyclic) bond motifs is 1. The van der Waals surface area contributed by atoms with Crippen LogP contribution in [0.4, 0.5) is 5.69 Å².